The highest BCUT2D eigenvalue weighted by atomic mass is 35.5. The van der Waals surface area contributed by atoms with E-state index in [0.717, 1.165) is 58.9 Å². The second-order valence-corrected chi connectivity index (χ2v) is 10.8. The third-order valence-corrected chi connectivity index (χ3v) is 8.21. The highest BCUT2D eigenvalue weighted by Crippen LogP contribution is 2.61. The molecule has 4 aromatic rings. The predicted octanol–water partition coefficient (Wildman–Crippen LogP) is 5.30. The lowest BCUT2D eigenvalue weighted by molar-refractivity contribution is -0.118. The Bertz CT molecular complexity index is 1680. The van der Waals surface area contributed by atoms with Crippen LogP contribution in [0.2, 0.25) is 10.2 Å². The maximum atomic E-state index is 12.5. The molecular formula is C28H24Cl2N8O2. The summed E-state index contributed by atoms with van der Waals surface area (Å²) in [6.07, 6.45) is 7.42. The van der Waals surface area contributed by atoms with Crippen molar-refractivity contribution >= 4 is 40.9 Å². The highest BCUT2D eigenvalue weighted by molar-refractivity contribution is 6.32. The fourth-order valence-corrected chi connectivity index (χ4v) is 6.19. The molecule has 2 fully saturated rings. The number of nitrogens with zero attached hydrogens (tertiary/aromatic N) is 6. The van der Waals surface area contributed by atoms with E-state index in [0.29, 0.717) is 28.3 Å². The van der Waals surface area contributed by atoms with E-state index in [2.05, 4.69) is 31.9 Å². The number of H-pyrrole nitrogens is 1. The number of carbonyl (C=O) groups excluding carboxylic acids is 1. The van der Waals surface area contributed by atoms with Gasteiger partial charge in [0.2, 0.25) is 6.41 Å². The Morgan fingerprint density at radius 2 is 2.10 bits per heavy atom. The van der Waals surface area contributed by atoms with Crippen molar-refractivity contribution in [3.8, 4) is 22.7 Å². The van der Waals surface area contributed by atoms with Gasteiger partial charge in [0.25, 0.3) is 0 Å². The number of likely N-dealkylation sites (tertiary alicyclic amines) is 1. The van der Waals surface area contributed by atoms with Crippen LogP contribution in [0, 0.1) is 11.8 Å². The maximum absolute atomic E-state index is 12.5. The molecule has 1 saturated carbocycles. The molecule has 12 heteroatoms. The Morgan fingerprint density at radius 3 is 2.90 bits per heavy atom. The molecule has 2 aromatic heterocycles. The number of amides is 1. The van der Waals surface area contributed by atoms with Crippen LogP contribution in [0.5, 0.6) is 5.75 Å². The molecule has 202 valence electrons. The first-order chi connectivity index (χ1) is 19.6. The van der Waals surface area contributed by atoms with Crippen LogP contribution in [0.15, 0.2) is 60.6 Å². The van der Waals surface area contributed by atoms with E-state index in [-0.39, 0.29) is 17.9 Å². The molecule has 1 amide bonds. The van der Waals surface area contributed by atoms with Crippen molar-refractivity contribution in [1.29, 1.82) is 0 Å². The summed E-state index contributed by atoms with van der Waals surface area (Å²) in [6, 6.07) is 11.2. The van der Waals surface area contributed by atoms with Gasteiger partial charge in [-0.3, -0.25) is 4.79 Å². The van der Waals surface area contributed by atoms with Crippen molar-refractivity contribution < 1.29 is 9.53 Å². The van der Waals surface area contributed by atoms with E-state index >= 15 is 0 Å². The number of aromatic amines is 1. The highest BCUT2D eigenvalue weighted by Gasteiger charge is 2.57. The molecule has 0 bridgehead atoms. The van der Waals surface area contributed by atoms with Crippen molar-refractivity contribution in [3.05, 3.63) is 82.1 Å². The van der Waals surface area contributed by atoms with Gasteiger partial charge in [-0.2, -0.15) is 4.68 Å². The fourth-order valence-electron chi connectivity index (χ4n) is 5.77. The van der Waals surface area contributed by atoms with Crippen LogP contribution >= 0.6 is 23.2 Å². The zero-order chi connectivity index (χ0) is 27.4. The van der Waals surface area contributed by atoms with Crippen molar-refractivity contribution in [3.63, 3.8) is 0 Å². The van der Waals surface area contributed by atoms with Crippen LogP contribution in [-0.4, -0.2) is 54.6 Å². The summed E-state index contributed by atoms with van der Waals surface area (Å²) in [7, 11) is 0. The third-order valence-electron chi connectivity index (χ3n) is 7.70. The summed E-state index contributed by atoms with van der Waals surface area (Å²) in [4.78, 5) is 22.4. The number of hydrogen-bond donors (Lipinski definition) is 2. The Balaban J connectivity index is 1.23. The van der Waals surface area contributed by atoms with Crippen molar-refractivity contribution in [2.45, 2.75) is 19.4 Å². The summed E-state index contributed by atoms with van der Waals surface area (Å²) in [5, 5.41) is 15.9. The summed E-state index contributed by atoms with van der Waals surface area (Å²) in [5.74, 6) is 1.92. The molecule has 3 atom stereocenters. The number of rotatable bonds is 6. The minimum absolute atomic E-state index is 0.233. The van der Waals surface area contributed by atoms with Gasteiger partial charge in [0.15, 0.2) is 0 Å². The normalized spacial score (nSPS) is 22.5. The van der Waals surface area contributed by atoms with Gasteiger partial charge < -0.3 is 19.9 Å². The molecule has 3 unspecified atom stereocenters. The van der Waals surface area contributed by atoms with E-state index in [1.54, 1.807) is 15.6 Å². The molecule has 1 aliphatic carbocycles. The van der Waals surface area contributed by atoms with E-state index in [9.17, 15) is 4.79 Å². The van der Waals surface area contributed by atoms with Crippen LogP contribution in [0.25, 0.3) is 22.5 Å². The molecule has 2 aromatic carbocycles. The molecule has 7 rings (SSSR count). The number of piperidine rings is 1. The molecule has 1 saturated heterocycles. The standard InChI is InChI=1S/C28H24Cl2N8O2/c1-2-15(18-11-17(29)4-6-22(18)38-13-32-35-36-38)9-23-19-12-20(19)26(37(23)14-39)28-33-25(27(30)34-28)16-3-5-21-24(10-16)40-8-7-31-21/h2-6,9-11,13-14,19-20,26,31H,7-8,12H2,1H3,(H,33,34)/b15-2+,23-9-. The van der Waals surface area contributed by atoms with Crippen LogP contribution in [0.3, 0.4) is 0 Å². The van der Waals surface area contributed by atoms with E-state index in [4.69, 9.17) is 32.9 Å². The maximum Gasteiger partial charge on any atom is 0.214 e. The molecule has 40 heavy (non-hydrogen) atoms. The number of halogens is 2. The van der Waals surface area contributed by atoms with Crippen LogP contribution in [-0.2, 0) is 4.79 Å². The number of anilines is 1. The van der Waals surface area contributed by atoms with Crippen molar-refractivity contribution in [2.75, 3.05) is 18.5 Å². The Kier molecular flexibility index (Phi) is 6.09. The van der Waals surface area contributed by atoms with Crippen molar-refractivity contribution in [2.24, 2.45) is 11.8 Å². The average molecular weight is 575 g/mol. The number of tetrazole rings is 1. The van der Waals surface area contributed by atoms with Crippen LogP contribution in [0.4, 0.5) is 5.69 Å². The predicted molar refractivity (Wildman–Crippen MR) is 151 cm³/mol. The molecule has 0 spiro atoms. The lowest BCUT2D eigenvalue weighted by atomic mass is 10.0. The summed E-state index contributed by atoms with van der Waals surface area (Å²) >= 11 is 13.0. The third kappa shape index (κ3) is 4.15. The fraction of sp³-hybridized carbons (Fsp3) is 0.250. The Labute approximate surface area is 239 Å². The average Bonchev–Trinajstić information content (AvgIpc) is 3.27. The summed E-state index contributed by atoms with van der Waals surface area (Å²) in [5.41, 5.74) is 5.90. The molecule has 10 nitrogen and oxygen atoms in total. The number of imidazole rings is 1. The molecular weight excluding hydrogens is 551 g/mol. The van der Waals surface area contributed by atoms with Gasteiger partial charge in [-0.05, 0) is 71.7 Å². The number of benzene rings is 2. The van der Waals surface area contributed by atoms with Gasteiger partial charge in [-0.1, -0.05) is 35.3 Å². The van der Waals surface area contributed by atoms with Gasteiger partial charge in [0.1, 0.15) is 35.4 Å². The topological polar surface area (TPSA) is 114 Å². The molecule has 0 radical (unpaired) electrons. The zero-order valence-electron chi connectivity index (χ0n) is 21.4. The van der Waals surface area contributed by atoms with E-state index in [1.807, 2.05) is 43.3 Å². The first kappa shape index (κ1) is 24.9. The van der Waals surface area contributed by atoms with Gasteiger partial charge in [-0.15, -0.1) is 5.10 Å². The Hall–Kier alpha value is -4.15. The summed E-state index contributed by atoms with van der Waals surface area (Å²) in [6.45, 7) is 3.33. The number of aromatic nitrogens is 6. The first-order valence-electron chi connectivity index (χ1n) is 13.0. The van der Waals surface area contributed by atoms with Crippen molar-refractivity contribution in [1.82, 2.24) is 35.1 Å². The molecule has 3 aliphatic rings. The summed E-state index contributed by atoms with van der Waals surface area (Å²) < 4.78 is 7.39. The smallest absolute Gasteiger partial charge is 0.214 e. The first-order valence-corrected chi connectivity index (χ1v) is 13.7. The Morgan fingerprint density at radius 1 is 1.20 bits per heavy atom. The minimum Gasteiger partial charge on any atom is -0.490 e. The number of ether oxygens (including phenoxy) is 1. The largest absolute Gasteiger partial charge is 0.490 e. The molecule has 4 heterocycles. The number of nitrogens with one attached hydrogen (secondary N) is 2. The van der Waals surface area contributed by atoms with Gasteiger partial charge >= 0.3 is 0 Å². The number of fused-ring (bicyclic) bond motifs is 2. The SMILES string of the molecule is C/C=C(\C=C1\C2CC2C(c2nc(-c3ccc4c(c3)OCCN4)c(Cl)[nH]2)N1C=O)c1cc(Cl)ccc1-n1cnnn1. The minimum atomic E-state index is -0.244. The monoisotopic (exact) mass is 574 g/mol. The lowest BCUT2D eigenvalue weighted by Gasteiger charge is -2.24. The molecule has 2 N–H and O–H groups in total. The second-order valence-electron chi connectivity index (χ2n) is 9.96. The van der Waals surface area contributed by atoms with E-state index < -0.39 is 0 Å². The van der Waals surface area contributed by atoms with Gasteiger partial charge in [0, 0.05) is 34.3 Å². The van der Waals surface area contributed by atoms with Gasteiger partial charge in [-0.25, -0.2) is 4.98 Å². The quantitative estimate of drug-likeness (QED) is 0.300. The van der Waals surface area contributed by atoms with E-state index in [1.165, 1.54) is 6.33 Å². The lowest BCUT2D eigenvalue weighted by Crippen LogP contribution is -2.25. The second kappa shape index (κ2) is 9.79. The zero-order valence-corrected chi connectivity index (χ0v) is 22.9. The number of hydrogen-bond acceptors (Lipinski definition) is 7. The number of allylic oxidation sites excluding steroid dienone is 4. The molecule has 2 aliphatic heterocycles. The van der Waals surface area contributed by atoms with Gasteiger partial charge in [0.05, 0.1) is 17.4 Å². The van der Waals surface area contributed by atoms with Crippen LogP contribution in [0.1, 0.15) is 30.8 Å². The number of carbonyl (C=O) groups is 1. The van der Waals surface area contributed by atoms with Crippen LogP contribution < -0.4 is 10.1 Å².